The summed E-state index contributed by atoms with van der Waals surface area (Å²) in [5.41, 5.74) is -1.89. The summed E-state index contributed by atoms with van der Waals surface area (Å²) in [5, 5.41) is 7.34. The van der Waals surface area contributed by atoms with Crippen LogP contribution in [0, 0.1) is 6.92 Å². The van der Waals surface area contributed by atoms with Crippen LogP contribution in [-0.4, -0.2) is 52.1 Å². The minimum atomic E-state index is -4.67. The zero-order valence-corrected chi connectivity index (χ0v) is 22.5. The molecule has 0 spiro atoms. The van der Waals surface area contributed by atoms with Gasteiger partial charge in [-0.1, -0.05) is 26.3 Å². The van der Waals surface area contributed by atoms with Gasteiger partial charge in [0, 0.05) is 24.3 Å². The number of aryl methyl sites for hydroxylation is 1. The van der Waals surface area contributed by atoms with E-state index in [2.05, 4.69) is 20.6 Å². The molecule has 0 bridgehead atoms. The highest BCUT2D eigenvalue weighted by molar-refractivity contribution is 6.03. The molecule has 9 nitrogen and oxygen atoms in total. The van der Waals surface area contributed by atoms with Crippen LogP contribution in [0.2, 0.25) is 0 Å². The van der Waals surface area contributed by atoms with Gasteiger partial charge in [-0.2, -0.15) is 13.2 Å². The van der Waals surface area contributed by atoms with Gasteiger partial charge in [0.15, 0.2) is 0 Å². The normalized spacial score (nSPS) is 12.4. The summed E-state index contributed by atoms with van der Waals surface area (Å²) in [6, 6.07) is 4.86. The van der Waals surface area contributed by atoms with Crippen molar-refractivity contribution in [3.8, 4) is 0 Å². The number of aromatic nitrogens is 2. The predicted molar refractivity (Wildman–Crippen MR) is 139 cm³/mol. The quantitative estimate of drug-likeness (QED) is 0.385. The lowest BCUT2D eigenvalue weighted by atomic mass is 10.0. The van der Waals surface area contributed by atoms with Gasteiger partial charge in [0.25, 0.3) is 11.8 Å². The van der Waals surface area contributed by atoms with Crippen molar-refractivity contribution in [2.24, 2.45) is 0 Å². The second kappa shape index (κ2) is 12.7. The van der Waals surface area contributed by atoms with Crippen LogP contribution in [0.1, 0.15) is 80.3 Å². The number of amides is 4. The predicted octanol–water partition coefficient (Wildman–Crippen LogP) is 5.22. The monoisotopic (exact) mass is 536 g/mol. The highest BCUT2D eigenvalue weighted by Gasteiger charge is 2.48. The Bertz CT molecular complexity index is 1150. The molecule has 12 heteroatoms. The van der Waals surface area contributed by atoms with Gasteiger partial charge in [0.05, 0.1) is 0 Å². The maximum atomic E-state index is 13.6. The lowest BCUT2D eigenvalue weighted by Gasteiger charge is -2.32. The van der Waals surface area contributed by atoms with Crippen LogP contribution in [0.5, 0.6) is 0 Å². The number of carbonyl (C=O) groups is 3. The Kier molecular flexibility index (Phi) is 10.2. The molecule has 0 unspecified atom stereocenters. The van der Waals surface area contributed by atoms with E-state index >= 15 is 0 Å². The van der Waals surface area contributed by atoms with Gasteiger partial charge in [-0.05, 0) is 64.3 Å². The van der Waals surface area contributed by atoms with Crippen LogP contribution in [0.3, 0.4) is 0 Å². The van der Waals surface area contributed by atoms with Crippen molar-refractivity contribution in [3.63, 3.8) is 0 Å². The summed E-state index contributed by atoms with van der Waals surface area (Å²) >= 11 is 0. The van der Waals surface area contributed by atoms with Crippen LogP contribution in [0.15, 0.2) is 30.5 Å². The third-order valence-electron chi connectivity index (χ3n) is 5.94. The van der Waals surface area contributed by atoms with E-state index < -0.39 is 23.7 Å². The Hall–Kier alpha value is -3.70. The van der Waals surface area contributed by atoms with Crippen LogP contribution >= 0.6 is 0 Å². The van der Waals surface area contributed by atoms with Crippen LogP contribution in [-0.2, 0) is 0 Å². The Labute approximate surface area is 220 Å². The summed E-state index contributed by atoms with van der Waals surface area (Å²) in [7, 11) is 0. The minimum Gasteiger partial charge on any atom is -0.352 e. The molecule has 3 N–H and O–H groups in total. The summed E-state index contributed by atoms with van der Waals surface area (Å²) in [5.74, 6) is -1.07. The van der Waals surface area contributed by atoms with Crippen LogP contribution in [0.4, 0.5) is 29.6 Å². The lowest BCUT2D eigenvalue weighted by molar-refractivity contribution is -0.182. The smallest absolute Gasteiger partial charge is 0.352 e. The number of hydrogen-bond donors (Lipinski definition) is 3. The molecule has 38 heavy (non-hydrogen) atoms. The molecule has 1 atom stereocenters. The van der Waals surface area contributed by atoms with Crippen LogP contribution in [0.25, 0.3) is 0 Å². The van der Waals surface area contributed by atoms with Gasteiger partial charge in [0.2, 0.25) is 0 Å². The van der Waals surface area contributed by atoms with Crippen molar-refractivity contribution in [1.82, 2.24) is 20.6 Å². The first-order valence-corrected chi connectivity index (χ1v) is 12.5. The average molecular weight is 537 g/mol. The molecule has 0 aromatic carbocycles. The number of anilines is 2. The maximum absolute atomic E-state index is 13.6. The molecule has 0 aliphatic heterocycles. The first-order chi connectivity index (χ1) is 17.7. The fourth-order valence-corrected chi connectivity index (χ4v) is 3.66. The van der Waals surface area contributed by atoms with E-state index in [0.29, 0.717) is 30.5 Å². The van der Waals surface area contributed by atoms with Crippen molar-refractivity contribution in [2.45, 2.75) is 78.6 Å². The zero-order chi connectivity index (χ0) is 28.7. The van der Waals surface area contributed by atoms with Gasteiger partial charge in [0.1, 0.15) is 22.9 Å². The second-order valence-electron chi connectivity index (χ2n) is 9.35. The highest BCUT2D eigenvalue weighted by atomic mass is 19.4. The molecule has 2 aromatic heterocycles. The van der Waals surface area contributed by atoms with Gasteiger partial charge in [-0.15, -0.1) is 0 Å². The van der Waals surface area contributed by atoms with Gasteiger partial charge < -0.3 is 10.6 Å². The lowest BCUT2D eigenvalue weighted by Crippen LogP contribution is -2.54. The summed E-state index contributed by atoms with van der Waals surface area (Å²) in [4.78, 5) is 48.4. The van der Waals surface area contributed by atoms with E-state index in [-0.39, 0.29) is 29.3 Å². The molecule has 0 fully saturated rings. The summed E-state index contributed by atoms with van der Waals surface area (Å²) in [6.45, 7) is 9.47. The maximum Gasteiger partial charge on any atom is 0.410 e. The first kappa shape index (κ1) is 30.5. The second-order valence-corrected chi connectivity index (χ2v) is 9.35. The van der Waals surface area contributed by atoms with Crippen molar-refractivity contribution in [3.05, 3.63) is 47.3 Å². The van der Waals surface area contributed by atoms with E-state index in [1.54, 1.807) is 13.8 Å². The third kappa shape index (κ3) is 7.42. The number of carbonyl (C=O) groups excluding carboxylic acids is 3. The number of nitrogens with one attached hydrogen (secondary N) is 3. The van der Waals surface area contributed by atoms with Crippen LogP contribution < -0.4 is 20.9 Å². The fourth-order valence-electron chi connectivity index (χ4n) is 3.66. The molecule has 4 amide bonds. The standard InChI is InChI=1S/C26H35F3N6O3/c1-7-10-18(8-2)35(24(38)33-20-15-17(13-14-31-20)22(36)30-9-3)21-16(4)11-12-19(32-21)23(37)34-25(5,6)26(27,28)29/h11-15,18H,7-10H2,1-6H3,(H,30,36)(H,34,37)(H,31,33,38)/t18-/m1/s1. The number of nitrogens with zero attached hydrogens (tertiary/aromatic N) is 3. The van der Waals surface area contributed by atoms with Crippen molar-refractivity contribution in [1.29, 1.82) is 0 Å². The number of alkyl halides is 3. The zero-order valence-electron chi connectivity index (χ0n) is 22.5. The fraction of sp³-hybridized carbons (Fsp3) is 0.500. The molecular formula is C26H35F3N6O3. The van der Waals surface area contributed by atoms with E-state index in [0.717, 1.165) is 20.3 Å². The topological polar surface area (TPSA) is 116 Å². The molecule has 0 saturated heterocycles. The SMILES string of the molecule is CCC[C@@H](CC)N(C(=O)Nc1cc(C(=O)NCC)ccn1)c1nc(C(=O)NC(C)(C)C(F)(F)F)ccc1C. The first-order valence-electron chi connectivity index (χ1n) is 12.5. The molecule has 2 heterocycles. The van der Waals surface area contributed by atoms with Crippen molar-refractivity contribution < 1.29 is 27.6 Å². The highest BCUT2D eigenvalue weighted by Crippen LogP contribution is 2.30. The molecule has 0 aliphatic rings. The van der Waals surface area contributed by atoms with Crippen molar-refractivity contribution in [2.75, 3.05) is 16.8 Å². The molecule has 0 saturated carbocycles. The van der Waals surface area contributed by atoms with Gasteiger partial charge in [-0.25, -0.2) is 14.8 Å². The number of urea groups is 1. The number of pyridine rings is 2. The van der Waals surface area contributed by atoms with E-state index in [1.165, 1.54) is 35.4 Å². The number of halogens is 3. The minimum absolute atomic E-state index is 0.133. The third-order valence-corrected chi connectivity index (χ3v) is 5.94. The Morgan fingerprint density at radius 1 is 1.05 bits per heavy atom. The molecule has 208 valence electrons. The largest absolute Gasteiger partial charge is 0.410 e. The molecule has 2 rings (SSSR count). The Balaban J connectivity index is 2.47. The Morgan fingerprint density at radius 2 is 1.74 bits per heavy atom. The summed E-state index contributed by atoms with van der Waals surface area (Å²) < 4.78 is 40.0. The number of hydrogen-bond acceptors (Lipinski definition) is 5. The number of rotatable bonds is 10. The Morgan fingerprint density at radius 3 is 2.32 bits per heavy atom. The van der Waals surface area contributed by atoms with Gasteiger partial charge >= 0.3 is 12.2 Å². The van der Waals surface area contributed by atoms with E-state index in [4.69, 9.17) is 0 Å². The van der Waals surface area contributed by atoms with Crippen molar-refractivity contribution >= 4 is 29.5 Å². The van der Waals surface area contributed by atoms with E-state index in [9.17, 15) is 27.6 Å². The summed E-state index contributed by atoms with van der Waals surface area (Å²) in [6.07, 6.45) is -1.38. The molecule has 0 aliphatic carbocycles. The molecule has 0 radical (unpaired) electrons. The van der Waals surface area contributed by atoms with E-state index in [1.807, 2.05) is 19.2 Å². The average Bonchev–Trinajstić information content (AvgIpc) is 2.84. The molecular weight excluding hydrogens is 501 g/mol. The van der Waals surface area contributed by atoms with Gasteiger partial charge in [-0.3, -0.25) is 19.8 Å². The molecule has 2 aromatic rings.